The summed E-state index contributed by atoms with van der Waals surface area (Å²) < 4.78 is 31.8. The van der Waals surface area contributed by atoms with E-state index in [1.807, 2.05) is 12.1 Å². The van der Waals surface area contributed by atoms with Crippen molar-refractivity contribution >= 4 is 11.1 Å². The van der Waals surface area contributed by atoms with Crippen LogP contribution in [0, 0.1) is 11.6 Å². The molecule has 0 saturated heterocycles. The summed E-state index contributed by atoms with van der Waals surface area (Å²) >= 11 is 0. The molecule has 2 aliphatic rings. The fourth-order valence-electron chi connectivity index (χ4n) is 4.82. The van der Waals surface area contributed by atoms with Crippen LogP contribution in [-0.4, -0.2) is 26.8 Å². The predicted octanol–water partition coefficient (Wildman–Crippen LogP) is 5.22. The van der Waals surface area contributed by atoms with Gasteiger partial charge in [-0.2, -0.15) is 0 Å². The van der Waals surface area contributed by atoms with Crippen LogP contribution in [0.1, 0.15) is 49.7 Å². The smallest absolute Gasteiger partial charge is 0.166 e. The molecule has 5 rings (SSSR count). The zero-order valence-electron chi connectivity index (χ0n) is 19.3. The molecule has 176 valence electrons. The predicted molar refractivity (Wildman–Crippen MR) is 131 cm³/mol. The number of allylic oxidation sites excluding steroid dienone is 2. The Morgan fingerprint density at radius 1 is 0.765 bits per heavy atom. The number of rotatable bonds is 4. The minimum Gasteiger partial charge on any atom is -0.327 e. The molecular formula is C27H29F2N5. The zero-order valence-corrected chi connectivity index (χ0v) is 19.3. The van der Waals surface area contributed by atoms with E-state index in [9.17, 15) is 0 Å². The van der Waals surface area contributed by atoms with Gasteiger partial charge in [0, 0.05) is 19.1 Å². The minimum atomic E-state index is -0.381. The van der Waals surface area contributed by atoms with E-state index in [2.05, 4.69) is 22.3 Å². The fraction of sp³-hybridized carbons (Fsp3) is 0.333. The number of hydrogen-bond donors (Lipinski definition) is 2. The van der Waals surface area contributed by atoms with Crippen LogP contribution < -0.4 is 11.5 Å². The van der Waals surface area contributed by atoms with Crippen LogP contribution >= 0.6 is 0 Å². The van der Waals surface area contributed by atoms with Gasteiger partial charge in [-0.1, -0.05) is 24.3 Å². The third-order valence-electron chi connectivity index (χ3n) is 6.94. The second kappa shape index (κ2) is 9.24. The lowest BCUT2D eigenvalue weighted by Gasteiger charge is -2.19. The van der Waals surface area contributed by atoms with Crippen molar-refractivity contribution in [2.45, 2.75) is 50.6 Å². The van der Waals surface area contributed by atoms with Crippen molar-refractivity contribution in [2.75, 3.05) is 0 Å². The van der Waals surface area contributed by atoms with Crippen LogP contribution in [0.15, 0.2) is 48.6 Å². The van der Waals surface area contributed by atoms with Crippen molar-refractivity contribution in [2.24, 2.45) is 18.5 Å². The summed E-state index contributed by atoms with van der Waals surface area (Å²) in [5.41, 5.74) is 16.5. The van der Waals surface area contributed by atoms with Gasteiger partial charge in [-0.3, -0.25) is 0 Å². The topological polar surface area (TPSA) is 82.8 Å². The molecule has 0 spiro atoms. The highest BCUT2D eigenvalue weighted by Crippen LogP contribution is 2.33. The molecule has 1 heterocycles. The van der Waals surface area contributed by atoms with Crippen LogP contribution in [-0.2, 0) is 7.05 Å². The molecule has 1 aromatic heterocycles. The number of hydrogen-bond acceptors (Lipinski definition) is 4. The monoisotopic (exact) mass is 461 g/mol. The van der Waals surface area contributed by atoms with Crippen molar-refractivity contribution < 1.29 is 8.78 Å². The number of nitrogens with zero attached hydrogens (tertiary/aromatic N) is 3. The summed E-state index contributed by atoms with van der Waals surface area (Å²) in [5.74, 6) is -0.0560. The average Bonchev–Trinajstić information content (AvgIpc) is 3.20. The van der Waals surface area contributed by atoms with Crippen molar-refractivity contribution in [1.29, 1.82) is 0 Å². The summed E-state index contributed by atoms with van der Waals surface area (Å²) in [7, 11) is 1.72. The molecule has 2 aliphatic carbocycles. The van der Waals surface area contributed by atoms with Crippen molar-refractivity contribution in [3.05, 3.63) is 71.3 Å². The Bertz CT molecular complexity index is 1190. The third kappa shape index (κ3) is 4.33. The van der Waals surface area contributed by atoms with Crippen LogP contribution in [0.2, 0.25) is 0 Å². The molecule has 0 aliphatic heterocycles. The molecule has 2 unspecified atom stereocenters. The van der Waals surface area contributed by atoms with Gasteiger partial charge in [0.05, 0.1) is 11.1 Å². The van der Waals surface area contributed by atoms with Gasteiger partial charge >= 0.3 is 0 Å². The lowest BCUT2D eigenvalue weighted by molar-refractivity contribution is 0.612. The molecule has 3 aromatic rings. The maximum absolute atomic E-state index is 15.1. The van der Waals surface area contributed by atoms with E-state index < -0.39 is 0 Å². The highest BCUT2D eigenvalue weighted by Gasteiger charge is 2.20. The summed E-state index contributed by atoms with van der Waals surface area (Å²) in [4.78, 5) is 0. The largest absolute Gasteiger partial charge is 0.327 e. The Hall–Kier alpha value is -3.16. The Balaban J connectivity index is 1.43. The third-order valence-corrected chi connectivity index (χ3v) is 6.94. The molecule has 2 atom stereocenters. The maximum Gasteiger partial charge on any atom is 0.166 e. The van der Waals surface area contributed by atoms with Crippen LogP contribution in [0.4, 0.5) is 8.78 Å². The zero-order chi connectivity index (χ0) is 23.8. The Kier molecular flexibility index (Phi) is 6.15. The number of nitrogens with two attached hydrogens (primary N) is 2. The number of benzene rings is 2. The van der Waals surface area contributed by atoms with Gasteiger partial charge in [0.1, 0.15) is 11.6 Å². The SMILES string of the molecule is Cn1c(-c2ccc(C3=CCC(N)CC3)cc2F)nnc1-c1ccc(C2=CCC(N)CC2)cc1F. The Labute approximate surface area is 198 Å². The van der Waals surface area contributed by atoms with E-state index >= 15 is 8.78 Å². The first-order valence-corrected chi connectivity index (χ1v) is 11.8. The van der Waals surface area contributed by atoms with Crippen LogP contribution in [0.5, 0.6) is 0 Å². The number of aromatic nitrogens is 3. The van der Waals surface area contributed by atoms with Crippen LogP contribution in [0.3, 0.4) is 0 Å². The molecule has 0 saturated carbocycles. The van der Waals surface area contributed by atoms with Gasteiger partial charge < -0.3 is 16.0 Å². The second-order valence-electron chi connectivity index (χ2n) is 9.32. The molecule has 0 radical (unpaired) electrons. The van der Waals surface area contributed by atoms with Gasteiger partial charge in [-0.15, -0.1) is 10.2 Å². The van der Waals surface area contributed by atoms with E-state index in [4.69, 9.17) is 11.5 Å². The van der Waals surface area contributed by atoms with Gasteiger partial charge in [-0.25, -0.2) is 8.78 Å². The lowest BCUT2D eigenvalue weighted by Crippen LogP contribution is -2.21. The van der Waals surface area contributed by atoms with Crippen molar-refractivity contribution in [3.8, 4) is 22.8 Å². The molecule has 4 N–H and O–H groups in total. The summed E-state index contributed by atoms with van der Waals surface area (Å²) in [5, 5.41) is 8.37. The minimum absolute atomic E-state index is 0.178. The molecule has 34 heavy (non-hydrogen) atoms. The number of halogens is 2. The summed E-state index contributed by atoms with van der Waals surface area (Å²) in [6.45, 7) is 0. The van der Waals surface area contributed by atoms with E-state index in [1.54, 1.807) is 23.7 Å². The average molecular weight is 462 g/mol. The van der Waals surface area contributed by atoms with Gasteiger partial charge in [-0.05, 0) is 85.1 Å². The van der Waals surface area contributed by atoms with E-state index in [-0.39, 0.29) is 23.7 Å². The highest BCUT2D eigenvalue weighted by molar-refractivity contribution is 5.72. The molecule has 0 bridgehead atoms. The van der Waals surface area contributed by atoms with E-state index in [0.29, 0.717) is 22.8 Å². The normalized spacial score (nSPS) is 20.7. The standard InChI is InChI=1S/C27H29F2N5/c1-34-26(22-12-6-18(14-24(22)28)16-2-8-20(30)9-3-16)32-33-27(34)23-13-7-19(15-25(23)29)17-4-10-21(31)11-5-17/h2,4,6-7,12-15,20-21H,3,5,8-11,30-31H2,1H3. The van der Waals surface area contributed by atoms with Gasteiger partial charge in [0.25, 0.3) is 0 Å². The first-order valence-electron chi connectivity index (χ1n) is 11.8. The first kappa shape index (κ1) is 22.6. The molecule has 5 nitrogen and oxygen atoms in total. The van der Waals surface area contributed by atoms with Gasteiger partial charge in [0.15, 0.2) is 11.6 Å². The Morgan fingerprint density at radius 3 is 1.56 bits per heavy atom. The Morgan fingerprint density at radius 2 is 1.21 bits per heavy atom. The molecule has 0 amide bonds. The van der Waals surface area contributed by atoms with Gasteiger partial charge in [0.2, 0.25) is 0 Å². The highest BCUT2D eigenvalue weighted by atomic mass is 19.1. The molecule has 0 fully saturated rings. The van der Waals surface area contributed by atoms with Crippen LogP contribution in [0.25, 0.3) is 33.9 Å². The molecule has 7 heteroatoms. The summed E-state index contributed by atoms with van der Waals surface area (Å²) in [6, 6.07) is 10.6. The fourth-order valence-corrected chi connectivity index (χ4v) is 4.82. The summed E-state index contributed by atoms with van der Waals surface area (Å²) in [6.07, 6.45) is 9.27. The first-order chi connectivity index (χ1) is 16.4. The quantitative estimate of drug-likeness (QED) is 0.558. The van der Waals surface area contributed by atoms with Crippen molar-refractivity contribution in [3.63, 3.8) is 0 Å². The molecular weight excluding hydrogens is 432 g/mol. The second-order valence-corrected chi connectivity index (χ2v) is 9.32. The van der Waals surface area contributed by atoms with Crippen molar-refractivity contribution in [1.82, 2.24) is 14.8 Å². The van der Waals surface area contributed by atoms with E-state index in [0.717, 1.165) is 60.8 Å². The maximum atomic E-state index is 15.1. The van der Waals surface area contributed by atoms with E-state index in [1.165, 1.54) is 12.1 Å². The lowest BCUT2D eigenvalue weighted by atomic mass is 9.90. The molecule has 2 aromatic carbocycles.